The maximum absolute atomic E-state index is 12.6. The maximum Gasteiger partial charge on any atom is 0.256 e. The molecule has 136 valence electrons. The van der Waals surface area contributed by atoms with Gasteiger partial charge in [0, 0.05) is 19.8 Å². The number of nitrogens with zero attached hydrogens (tertiary/aromatic N) is 1. The summed E-state index contributed by atoms with van der Waals surface area (Å²) in [5, 5.41) is 2.89. The number of nitrogens with one attached hydrogen (secondary N) is 1. The normalized spacial score (nSPS) is 13.3. The number of pyridine rings is 1. The van der Waals surface area contributed by atoms with Gasteiger partial charge in [0.15, 0.2) is 0 Å². The Morgan fingerprint density at radius 3 is 2.58 bits per heavy atom. The zero-order valence-corrected chi connectivity index (χ0v) is 15.3. The van der Waals surface area contributed by atoms with Crippen molar-refractivity contribution in [3.8, 4) is 5.88 Å². The van der Waals surface area contributed by atoms with Crippen LogP contribution in [0.2, 0.25) is 0 Å². The third kappa shape index (κ3) is 6.84. The fraction of sp³-hybridized carbons (Fsp3) is 0.667. The van der Waals surface area contributed by atoms with Gasteiger partial charge in [0.2, 0.25) is 5.88 Å². The molecule has 1 aromatic heterocycles. The summed E-state index contributed by atoms with van der Waals surface area (Å²) in [6, 6.07) is 3.49. The first-order valence-electron chi connectivity index (χ1n) is 8.59. The molecule has 0 saturated heterocycles. The molecule has 24 heavy (non-hydrogen) atoms. The lowest BCUT2D eigenvalue weighted by Gasteiger charge is -2.28. The molecule has 6 nitrogen and oxygen atoms in total. The fourth-order valence-electron chi connectivity index (χ4n) is 2.13. The molecule has 0 spiro atoms. The topological polar surface area (TPSA) is 69.7 Å². The summed E-state index contributed by atoms with van der Waals surface area (Å²) in [5.74, 6) is 0.361. The monoisotopic (exact) mass is 338 g/mol. The number of unbranched alkanes of at least 4 members (excludes halogenated alkanes) is 1. The molecule has 0 radical (unpaired) electrons. The van der Waals surface area contributed by atoms with Crippen LogP contribution in [0.5, 0.6) is 5.88 Å². The highest BCUT2D eigenvalue weighted by Crippen LogP contribution is 2.22. The van der Waals surface area contributed by atoms with Gasteiger partial charge in [0.05, 0.1) is 18.5 Å². The minimum absolute atomic E-state index is 0.140. The lowest BCUT2D eigenvalue weighted by atomic mass is 9.97. The molecule has 0 aliphatic heterocycles. The summed E-state index contributed by atoms with van der Waals surface area (Å²) in [5.41, 5.74) is -0.193. The molecule has 1 N–H and O–H groups in total. The van der Waals surface area contributed by atoms with Gasteiger partial charge >= 0.3 is 0 Å². The first-order valence-corrected chi connectivity index (χ1v) is 8.59. The second-order valence-corrected chi connectivity index (χ2v) is 5.86. The molecule has 0 fully saturated rings. The Morgan fingerprint density at radius 1 is 1.21 bits per heavy atom. The minimum Gasteiger partial charge on any atom is -0.475 e. The summed E-state index contributed by atoms with van der Waals surface area (Å²) in [4.78, 5) is 16.8. The van der Waals surface area contributed by atoms with Crippen LogP contribution in [0.25, 0.3) is 0 Å². The number of anilines is 1. The lowest BCUT2D eigenvalue weighted by Crippen LogP contribution is -2.43. The van der Waals surface area contributed by atoms with Gasteiger partial charge in [-0.05, 0) is 25.8 Å². The van der Waals surface area contributed by atoms with Gasteiger partial charge in [-0.1, -0.05) is 26.7 Å². The number of hydrogen-bond acceptors (Lipinski definition) is 5. The average Bonchev–Trinajstić information content (AvgIpc) is 2.60. The predicted molar refractivity (Wildman–Crippen MR) is 94.4 cm³/mol. The summed E-state index contributed by atoms with van der Waals surface area (Å²) in [7, 11) is 1.62. The zero-order valence-electron chi connectivity index (χ0n) is 15.3. The standard InChI is InChI=1S/C18H30N2O4/c1-5-7-10-18(3,24-11-6-2)17(21)20-15-8-9-16(19-14-15)23-13-12-22-4/h8-9,14H,5-7,10-13H2,1-4H3,(H,20,21)/t18-/m0/s1. The van der Waals surface area contributed by atoms with E-state index >= 15 is 0 Å². The van der Waals surface area contributed by atoms with E-state index in [1.807, 2.05) is 13.8 Å². The molecule has 1 rings (SSSR count). The molecule has 1 atom stereocenters. The highest BCUT2D eigenvalue weighted by atomic mass is 16.5. The Morgan fingerprint density at radius 2 is 2.00 bits per heavy atom. The molecule has 6 heteroatoms. The Kier molecular flexibility index (Phi) is 9.34. The highest BCUT2D eigenvalue weighted by Gasteiger charge is 2.33. The molecule has 0 aliphatic rings. The van der Waals surface area contributed by atoms with Crippen molar-refractivity contribution in [2.75, 3.05) is 32.2 Å². The van der Waals surface area contributed by atoms with Crippen molar-refractivity contribution in [2.45, 2.75) is 52.1 Å². The van der Waals surface area contributed by atoms with Crippen LogP contribution in [0.15, 0.2) is 18.3 Å². The van der Waals surface area contributed by atoms with Crippen LogP contribution in [0.4, 0.5) is 5.69 Å². The van der Waals surface area contributed by atoms with E-state index in [2.05, 4.69) is 17.2 Å². The van der Waals surface area contributed by atoms with Crippen molar-refractivity contribution in [3.05, 3.63) is 18.3 Å². The van der Waals surface area contributed by atoms with Crippen LogP contribution in [0, 0.1) is 0 Å². The number of hydrogen-bond donors (Lipinski definition) is 1. The van der Waals surface area contributed by atoms with Gasteiger partial charge in [-0.25, -0.2) is 4.98 Å². The van der Waals surface area contributed by atoms with E-state index in [-0.39, 0.29) is 5.91 Å². The van der Waals surface area contributed by atoms with Gasteiger partial charge in [-0.2, -0.15) is 0 Å². The van der Waals surface area contributed by atoms with E-state index < -0.39 is 5.60 Å². The van der Waals surface area contributed by atoms with Gasteiger partial charge in [0.25, 0.3) is 5.91 Å². The van der Waals surface area contributed by atoms with Crippen molar-refractivity contribution >= 4 is 11.6 Å². The fourth-order valence-corrected chi connectivity index (χ4v) is 2.13. The van der Waals surface area contributed by atoms with Gasteiger partial charge in [-0.3, -0.25) is 4.79 Å². The molecule has 1 heterocycles. The summed E-state index contributed by atoms with van der Waals surface area (Å²) in [6.45, 7) is 7.50. The smallest absolute Gasteiger partial charge is 0.256 e. The Hall–Kier alpha value is -1.66. The average molecular weight is 338 g/mol. The van der Waals surface area contributed by atoms with E-state index in [9.17, 15) is 4.79 Å². The quantitative estimate of drug-likeness (QED) is 0.591. The van der Waals surface area contributed by atoms with Gasteiger partial charge in [0.1, 0.15) is 12.2 Å². The summed E-state index contributed by atoms with van der Waals surface area (Å²) >= 11 is 0. The van der Waals surface area contributed by atoms with Crippen molar-refractivity contribution in [1.29, 1.82) is 0 Å². The molecule has 1 aromatic rings. The number of ether oxygens (including phenoxy) is 3. The third-order valence-corrected chi connectivity index (χ3v) is 3.64. The minimum atomic E-state index is -0.820. The highest BCUT2D eigenvalue weighted by molar-refractivity contribution is 5.96. The number of carbonyl (C=O) groups excluding carboxylic acids is 1. The molecular weight excluding hydrogens is 308 g/mol. The summed E-state index contributed by atoms with van der Waals surface area (Å²) < 4.78 is 16.2. The maximum atomic E-state index is 12.6. The van der Waals surface area contributed by atoms with E-state index in [1.54, 1.807) is 25.4 Å². The lowest BCUT2D eigenvalue weighted by molar-refractivity contribution is -0.140. The van der Waals surface area contributed by atoms with E-state index in [0.29, 0.717) is 37.8 Å². The molecule has 0 saturated carbocycles. The van der Waals surface area contributed by atoms with Crippen molar-refractivity contribution < 1.29 is 19.0 Å². The van der Waals surface area contributed by atoms with Crippen molar-refractivity contribution in [2.24, 2.45) is 0 Å². The second-order valence-electron chi connectivity index (χ2n) is 5.86. The number of rotatable bonds is 12. The van der Waals surface area contributed by atoms with Crippen LogP contribution < -0.4 is 10.1 Å². The van der Waals surface area contributed by atoms with E-state index in [0.717, 1.165) is 19.3 Å². The molecular formula is C18H30N2O4. The number of amides is 1. The van der Waals surface area contributed by atoms with Crippen molar-refractivity contribution in [1.82, 2.24) is 4.98 Å². The Bertz CT molecular complexity index is 468. The molecule has 0 aromatic carbocycles. The van der Waals surface area contributed by atoms with Gasteiger partial charge in [-0.15, -0.1) is 0 Å². The van der Waals surface area contributed by atoms with Crippen molar-refractivity contribution in [3.63, 3.8) is 0 Å². The van der Waals surface area contributed by atoms with Crippen LogP contribution in [0.3, 0.4) is 0 Å². The SMILES string of the molecule is CCCC[C@](C)(OCCC)C(=O)Nc1ccc(OCCOC)nc1. The van der Waals surface area contributed by atoms with Crippen LogP contribution >= 0.6 is 0 Å². The molecule has 1 amide bonds. The Labute approximate surface area is 144 Å². The molecule has 0 unspecified atom stereocenters. The molecule has 0 bridgehead atoms. The third-order valence-electron chi connectivity index (χ3n) is 3.64. The molecule has 0 aliphatic carbocycles. The second kappa shape index (κ2) is 11.0. The van der Waals surface area contributed by atoms with Crippen LogP contribution in [-0.2, 0) is 14.3 Å². The largest absolute Gasteiger partial charge is 0.475 e. The number of aromatic nitrogens is 1. The predicted octanol–water partition coefficient (Wildman–Crippen LogP) is 3.42. The van der Waals surface area contributed by atoms with E-state index in [1.165, 1.54) is 0 Å². The zero-order chi connectivity index (χ0) is 17.8. The Balaban J connectivity index is 2.65. The van der Waals surface area contributed by atoms with Crippen LogP contribution in [-0.4, -0.2) is 43.4 Å². The first kappa shape index (κ1) is 20.4. The summed E-state index contributed by atoms with van der Waals surface area (Å²) in [6.07, 6.45) is 5.12. The first-order chi connectivity index (χ1) is 11.6. The van der Waals surface area contributed by atoms with Gasteiger partial charge < -0.3 is 19.5 Å². The van der Waals surface area contributed by atoms with Crippen LogP contribution in [0.1, 0.15) is 46.5 Å². The van der Waals surface area contributed by atoms with E-state index in [4.69, 9.17) is 14.2 Å². The number of methoxy groups -OCH3 is 1. The number of carbonyl (C=O) groups is 1.